The Bertz CT molecular complexity index is 962. The zero-order valence-electron chi connectivity index (χ0n) is 10.8. The van der Waals surface area contributed by atoms with Crippen LogP contribution >= 0.6 is 23.2 Å². The van der Waals surface area contributed by atoms with Crippen LogP contribution in [-0.4, -0.2) is 15.3 Å². The maximum atomic E-state index is 12.1. The van der Waals surface area contributed by atoms with Crippen LogP contribution in [0.4, 0.5) is 0 Å². The number of benzene rings is 2. The molecule has 3 aromatic rings. The van der Waals surface area contributed by atoms with E-state index in [1.165, 1.54) is 18.2 Å². The lowest BCUT2D eigenvalue weighted by atomic mass is 10.1. The molecular formula is C15H8Cl2O5. The van der Waals surface area contributed by atoms with Crippen LogP contribution < -0.4 is 5.43 Å². The fourth-order valence-electron chi connectivity index (χ4n) is 2.05. The molecule has 22 heavy (non-hydrogen) atoms. The van der Waals surface area contributed by atoms with Crippen LogP contribution in [0.1, 0.15) is 0 Å². The summed E-state index contributed by atoms with van der Waals surface area (Å²) in [4.78, 5) is 12.1. The topological polar surface area (TPSA) is 90.9 Å². The Morgan fingerprint density at radius 2 is 1.45 bits per heavy atom. The quantitative estimate of drug-likeness (QED) is 0.626. The second-order valence-electron chi connectivity index (χ2n) is 4.60. The van der Waals surface area contributed by atoms with Gasteiger partial charge in [-0.3, -0.25) is 4.79 Å². The molecule has 0 saturated heterocycles. The van der Waals surface area contributed by atoms with Crippen molar-refractivity contribution in [2.75, 3.05) is 0 Å². The second kappa shape index (κ2) is 5.12. The van der Waals surface area contributed by atoms with Gasteiger partial charge in [-0.05, 0) is 12.1 Å². The van der Waals surface area contributed by atoms with Gasteiger partial charge >= 0.3 is 0 Å². The molecule has 0 bridgehead atoms. The van der Waals surface area contributed by atoms with Crippen molar-refractivity contribution in [3.63, 3.8) is 0 Å². The van der Waals surface area contributed by atoms with Crippen molar-refractivity contribution in [3.05, 3.63) is 50.6 Å². The van der Waals surface area contributed by atoms with Crippen molar-refractivity contribution in [1.29, 1.82) is 0 Å². The highest BCUT2D eigenvalue weighted by Gasteiger charge is 2.15. The Balaban J connectivity index is 2.31. The number of hydrogen-bond acceptors (Lipinski definition) is 5. The van der Waals surface area contributed by atoms with Gasteiger partial charge in [0.15, 0.2) is 5.43 Å². The Hall–Kier alpha value is -2.37. The standard InChI is InChI=1S/C15H8Cl2O5/c16-8-1-6(10(18)3-12(8)20)14-4-11(19)7-2-9(17)13(21)5-15(7)22-14/h1-5,18,20-21H. The van der Waals surface area contributed by atoms with Gasteiger partial charge in [0.25, 0.3) is 0 Å². The molecule has 7 heteroatoms. The summed E-state index contributed by atoms with van der Waals surface area (Å²) in [6, 6.07) is 5.98. The van der Waals surface area contributed by atoms with Gasteiger partial charge in [0, 0.05) is 18.2 Å². The molecule has 1 aromatic heterocycles. The molecule has 0 fully saturated rings. The van der Waals surface area contributed by atoms with E-state index in [1.54, 1.807) is 0 Å². The summed E-state index contributed by atoms with van der Waals surface area (Å²) in [5.74, 6) is -0.792. The second-order valence-corrected chi connectivity index (χ2v) is 5.41. The minimum atomic E-state index is -0.401. The smallest absolute Gasteiger partial charge is 0.193 e. The van der Waals surface area contributed by atoms with E-state index in [-0.39, 0.29) is 49.6 Å². The van der Waals surface area contributed by atoms with E-state index in [4.69, 9.17) is 27.6 Å². The molecule has 2 aromatic carbocycles. The van der Waals surface area contributed by atoms with Crippen molar-refractivity contribution in [3.8, 4) is 28.6 Å². The van der Waals surface area contributed by atoms with Gasteiger partial charge in [0.1, 0.15) is 28.6 Å². The molecule has 0 aliphatic rings. The molecule has 0 aliphatic heterocycles. The zero-order valence-corrected chi connectivity index (χ0v) is 12.3. The van der Waals surface area contributed by atoms with Gasteiger partial charge in [-0.2, -0.15) is 0 Å². The van der Waals surface area contributed by atoms with Crippen molar-refractivity contribution in [2.24, 2.45) is 0 Å². The number of hydrogen-bond donors (Lipinski definition) is 3. The van der Waals surface area contributed by atoms with E-state index in [9.17, 15) is 20.1 Å². The van der Waals surface area contributed by atoms with Crippen molar-refractivity contribution in [1.82, 2.24) is 0 Å². The SMILES string of the molecule is O=c1cc(-c2cc(Cl)c(O)cc2O)oc2cc(O)c(Cl)cc12. The number of phenolic OH excluding ortho intramolecular Hbond substituents is 3. The van der Waals surface area contributed by atoms with Gasteiger partial charge in [0.2, 0.25) is 0 Å². The average Bonchev–Trinajstić information content (AvgIpc) is 2.45. The summed E-state index contributed by atoms with van der Waals surface area (Å²) in [6.07, 6.45) is 0. The highest BCUT2D eigenvalue weighted by molar-refractivity contribution is 6.33. The van der Waals surface area contributed by atoms with E-state index in [0.717, 1.165) is 12.1 Å². The van der Waals surface area contributed by atoms with Gasteiger partial charge in [-0.1, -0.05) is 23.2 Å². The summed E-state index contributed by atoms with van der Waals surface area (Å²) < 4.78 is 5.52. The summed E-state index contributed by atoms with van der Waals surface area (Å²) in [6.45, 7) is 0. The van der Waals surface area contributed by atoms with Crippen LogP contribution in [0.15, 0.2) is 39.5 Å². The van der Waals surface area contributed by atoms with Crippen molar-refractivity contribution in [2.45, 2.75) is 0 Å². The van der Waals surface area contributed by atoms with Gasteiger partial charge in [0.05, 0.1) is 21.0 Å². The Labute approximate surface area is 133 Å². The third-order valence-corrected chi connectivity index (χ3v) is 3.73. The molecule has 0 radical (unpaired) electrons. The lowest BCUT2D eigenvalue weighted by molar-refractivity contribution is 0.450. The molecule has 3 N–H and O–H groups in total. The van der Waals surface area contributed by atoms with Crippen molar-refractivity contribution >= 4 is 34.2 Å². The predicted molar refractivity (Wildman–Crippen MR) is 82.9 cm³/mol. The maximum absolute atomic E-state index is 12.1. The Morgan fingerprint density at radius 1 is 0.818 bits per heavy atom. The Morgan fingerprint density at radius 3 is 2.18 bits per heavy atom. The first-order valence-corrected chi connectivity index (χ1v) is 6.80. The van der Waals surface area contributed by atoms with Crippen LogP contribution in [0.3, 0.4) is 0 Å². The monoisotopic (exact) mass is 338 g/mol. The van der Waals surface area contributed by atoms with E-state index in [1.807, 2.05) is 0 Å². The number of aromatic hydroxyl groups is 3. The largest absolute Gasteiger partial charge is 0.507 e. The van der Waals surface area contributed by atoms with E-state index >= 15 is 0 Å². The molecule has 0 amide bonds. The minimum absolute atomic E-state index is 0.00509. The molecule has 0 saturated carbocycles. The summed E-state index contributed by atoms with van der Waals surface area (Å²) in [5.41, 5.74) is -0.161. The Kier molecular flexibility index (Phi) is 3.39. The van der Waals surface area contributed by atoms with Crippen LogP contribution in [0.25, 0.3) is 22.3 Å². The first-order chi connectivity index (χ1) is 10.4. The van der Waals surface area contributed by atoms with E-state index in [0.29, 0.717) is 0 Å². The predicted octanol–water partition coefficient (Wildman–Crippen LogP) is 3.88. The molecule has 0 unspecified atom stereocenters. The summed E-state index contributed by atoms with van der Waals surface area (Å²) in [7, 11) is 0. The van der Waals surface area contributed by atoms with Crippen LogP contribution in [0.5, 0.6) is 17.2 Å². The van der Waals surface area contributed by atoms with Gasteiger partial charge < -0.3 is 19.7 Å². The van der Waals surface area contributed by atoms with Crippen molar-refractivity contribution < 1.29 is 19.7 Å². The molecule has 112 valence electrons. The first-order valence-electron chi connectivity index (χ1n) is 6.05. The number of rotatable bonds is 1. The molecule has 3 rings (SSSR count). The molecule has 0 aliphatic carbocycles. The number of phenols is 3. The minimum Gasteiger partial charge on any atom is -0.507 e. The summed E-state index contributed by atoms with van der Waals surface area (Å²) >= 11 is 11.6. The lowest BCUT2D eigenvalue weighted by Gasteiger charge is -2.08. The fraction of sp³-hybridized carbons (Fsp3) is 0. The van der Waals surface area contributed by atoms with Gasteiger partial charge in [-0.15, -0.1) is 0 Å². The summed E-state index contributed by atoms with van der Waals surface area (Å²) in [5, 5.41) is 29.1. The average molecular weight is 339 g/mol. The highest BCUT2D eigenvalue weighted by Crippen LogP contribution is 2.38. The van der Waals surface area contributed by atoms with Crippen LogP contribution in [0.2, 0.25) is 10.0 Å². The first kappa shape index (κ1) is 14.6. The molecular weight excluding hydrogens is 331 g/mol. The fourth-order valence-corrected chi connectivity index (χ4v) is 2.37. The highest BCUT2D eigenvalue weighted by atomic mass is 35.5. The molecule has 5 nitrogen and oxygen atoms in total. The van der Waals surface area contributed by atoms with Gasteiger partial charge in [-0.25, -0.2) is 0 Å². The zero-order chi connectivity index (χ0) is 16.0. The van der Waals surface area contributed by atoms with Crippen LogP contribution in [-0.2, 0) is 0 Å². The lowest BCUT2D eigenvalue weighted by Crippen LogP contribution is -2.00. The van der Waals surface area contributed by atoms with E-state index < -0.39 is 5.43 Å². The molecule has 0 atom stereocenters. The molecule has 0 spiro atoms. The molecule has 1 heterocycles. The number of fused-ring (bicyclic) bond motifs is 1. The third kappa shape index (κ3) is 2.34. The number of halogens is 2. The maximum Gasteiger partial charge on any atom is 0.193 e. The van der Waals surface area contributed by atoms with E-state index in [2.05, 4.69) is 0 Å². The third-order valence-electron chi connectivity index (χ3n) is 3.13. The normalized spacial score (nSPS) is 11.0. The van der Waals surface area contributed by atoms with Crippen LogP contribution in [0, 0.1) is 0 Å².